The van der Waals surface area contributed by atoms with Crippen molar-refractivity contribution in [1.29, 1.82) is 0 Å². The van der Waals surface area contributed by atoms with Crippen LogP contribution in [0.3, 0.4) is 0 Å². The molecule has 1 rings (SSSR count). The van der Waals surface area contributed by atoms with Gasteiger partial charge in [-0.05, 0) is 56.4 Å². The fraction of sp³-hybridized carbons (Fsp3) is 0.500. The minimum Gasteiger partial charge on any atom is -0.462 e. The second-order valence-electron chi connectivity index (χ2n) is 4.27. The summed E-state index contributed by atoms with van der Waals surface area (Å²) in [5, 5.41) is 0. The maximum absolute atomic E-state index is 11.9. The molecule has 2 heteroatoms. The van der Waals surface area contributed by atoms with Crippen LogP contribution in [0.5, 0.6) is 0 Å². The standard InChI is InChI=1S/C14H20O2/c1-6-7-16-14(15)13-11(4)9(2)8-10(3)12(13)5/h8H,6-7H2,1-5H3. The summed E-state index contributed by atoms with van der Waals surface area (Å²) in [5.74, 6) is -0.191. The number of hydrogen-bond donors (Lipinski definition) is 0. The van der Waals surface area contributed by atoms with Crippen LogP contribution in [-0.4, -0.2) is 12.6 Å². The molecule has 0 bridgehead atoms. The van der Waals surface area contributed by atoms with Gasteiger partial charge in [-0.1, -0.05) is 13.0 Å². The summed E-state index contributed by atoms with van der Waals surface area (Å²) in [6.45, 7) is 10.5. The molecule has 16 heavy (non-hydrogen) atoms. The van der Waals surface area contributed by atoms with Crippen molar-refractivity contribution >= 4 is 5.97 Å². The van der Waals surface area contributed by atoms with E-state index in [4.69, 9.17) is 4.74 Å². The van der Waals surface area contributed by atoms with Gasteiger partial charge >= 0.3 is 5.97 Å². The van der Waals surface area contributed by atoms with E-state index in [-0.39, 0.29) is 5.97 Å². The summed E-state index contributed by atoms with van der Waals surface area (Å²) in [6.07, 6.45) is 0.856. The van der Waals surface area contributed by atoms with Gasteiger partial charge in [-0.25, -0.2) is 4.79 Å². The molecule has 0 aliphatic carbocycles. The van der Waals surface area contributed by atoms with Crippen molar-refractivity contribution in [2.75, 3.05) is 6.61 Å². The third-order valence-electron chi connectivity index (χ3n) is 3.01. The molecule has 1 aromatic rings. The van der Waals surface area contributed by atoms with E-state index in [0.29, 0.717) is 6.61 Å². The van der Waals surface area contributed by atoms with Gasteiger partial charge in [-0.2, -0.15) is 0 Å². The second-order valence-corrected chi connectivity index (χ2v) is 4.27. The molecular weight excluding hydrogens is 200 g/mol. The SMILES string of the molecule is CCCOC(=O)c1c(C)c(C)cc(C)c1C. The Labute approximate surface area is 97.6 Å². The van der Waals surface area contributed by atoms with E-state index >= 15 is 0 Å². The minimum atomic E-state index is -0.191. The minimum absolute atomic E-state index is 0.191. The Bertz CT molecular complexity index is 379. The van der Waals surface area contributed by atoms with Crippen molar-refractivity contribution in [1.82, 2.24) is 0 Å². The van der Waals surface area contributed by atoms with Crippen molar-refractivity contribution < 1.29 is 9.53 Å². The highest BCUT2D eigenvalue weighted by molar-refractivity contribution is 5.93. The molecule has 0 spiro atoms. The van der Waals surface area contributed by atoms with E-state index in [1.165, 1.54) is 0 Å². The molecule has 0 atom stereocenters. The predicted molar refractivity (Wildman–Crippen MR) is 66.0 cm³/mol. The summed E-state index contributed by atoms with van der Waals surface area (Å²) < 4.78 is 5.21. The zero-order chi connectivity index (χ0) is 12.3. The lowest BCUT2D eigenvalue weighted by Crippen LogP contribution is -2.11. The highest BCUT2D eigenvalue weighted by Gasteiger charge is 2.16. The van der Waals surface area contributed by atoms with E-state index < -0.39 is 0 Å². The normalized spacial score (nSPS) is 10.3. The number of carbonyl (C=O) groups is 1. The van der Waals surface area contributed by atoms with Crippen molar-refractivity contribution in [3.8, 4) is 0 Å². The third-order valence-corrected chi connectivity index (χ3v) is 3.01. The number of carbonyl (C=O) groups excluding carboxylic acids is 1. The lowest BCUT2D eigenvalue weighted by Gasteiger charge is -2.14. The molecular formula is C14H20O2. The molecule has 1 aromatic carbocycles. The summed E-state index contributed by atoms with van der Waals surface area (Å²) >= 11 is 0. The number of ether oxygens (including phenoxy) is 1. The maximum Gasteiger partial charge on any atom is 0.338 e. The number of esters is 1. The number of rotatable bonds is 3. The van der Waals surface area contributed by atoms with Gasteiger partial charge in [-0.15, -0.1) is 0 Å². The first kappa shape index (κ1) is 12.8. The van der Waals surface area contributed by atoms with E-state index in [0.717, 1.165) is 34.2 Å². The van der Waals surface area contributed by atoms with Crippen LogP contribution in [0, 0.1) is 27.7 Å². The largest absolute Gasteiger partial charge is 0.462 e. The van der Waals surface area contributed by atoms with E-state index in [9.17, 15) is 4.79 Å². The first-order chi connectivity index (χ1) is 7.49. The van der Waals surface area contributed by atoms with Crippen LogP contribution >= 0.6 is 0 Å². The monoisotopic (exact) mass is 220 g/mol. The number of benzene rings is 1. The topological polar surface area (TPSA) is 26.3 Å². The first-order valence-electron chi connectivity index (χ1n) is 5.73. The Morgan fingerprint density at radius 3 is 2.06 bits per heavy atom. The molecule has 0 amide bonds. The number of aryl methyl sites for hydroxylation is 2. The van der Waals surface area contributed by atoms with Gasteiger partial charge in [0.25, 0.3) is 0 Å². The summed E-state index contributed by atoms with van der Waals surface area (Å²) in [6, 6.07) is 2.11. The van der Waals surface area contributed by atoms with Crippen molar-refractivity contribution in [2.45, 2.75) is 41.0 Å². The Kier molecular flexibility index (Phi) is 4.11. The van der Waals surface area contributed by atoms with E-state index in [2.05, 4.69) is 6.07 Å². The molecule has 2 nitrogen and oxygen atoms in total. The van der Waals surface area contributed by atoms with Gasteiger partial charge in [-0.3, -0.25) is 0 Å². The molecule has 0 N–H and O–H groups in total. The van der Waals surface area contributed by atoms with Crippen LogP contribution in [0.25, 0.3) is 0 Å². The fourth-order valence-electron chi connectivity index (χ4n) is 1.79. The molecule has 88 valence electrons. The average molecular weight is 220 g/mol. The molecule has 0 aliphatic rings. The Morgan fingerprint density at radius 2 is 1.62 bits per heavy atom. The van der Waals surface area contributed by atoms with Gasteiger partial charge in [0, 0.05) is 0 Å². The highest BCUT2D eigenvalue weighted by atomic mass is 16.5. The van der Waals surface area contributed by atoms with Crippen LogP contribution in [0.4, 0.5) is 0 Å². The summed E-state index contributed by atoms with van der Waals surface area (Å²) in [4.78, 5) is 11.9. The van der Waals surface area contributed by atoms with Crippen LogP contribution in [0.15, 0.2) is 6.07 Å². The van der Waals surface area contributed by atoms with Crippen LogP contribution < -0.4 is 0 Å². The van der Waals surface area contributed by atoms with E-state index in [1.54, 1.807) is 0 Å². The second kappa shape index (κ2) is 5.15. The lowest BCUT2D eigenvalue weighted by atomic mass is 9.94. The Balaban J connectivity index is 3.16. The van der Waals surface area contributed by atoms with Gasteiger partial charge in [0.05, 0.1) is 12.2 Å². The zero-order valence-electron chi connectivity index (χ0n) is 10.8. The summed E-state index contributed by atoms with van der Waals surface area (Å²) in [7, 11) is 0. The van der Waals surface area contributed by atoms with Gasteiger partial charge < -0.3 is 4.74 Å². The molecule has 0 radical (unpaired) electrons. The smallest absolute Gasteiger partial charge is 0.338 e. The van der Waals surface area contributed by atoms with Gasteiger partial charge in [0.15, 0.2) is 0 Å². The third kappa shape index (κ3) is 2.43. The molecule has 0 saturated heterocycles. The predicted octanol–water partition coefficient (Wildman–Crippen LogP) is 3.49. The van der Waals surface area contributed by atoms with Crippen molar-refractivity contribution in [3.63, 3.8) is 0 Å². The number of hydrogen-bond acceptors (Lipinski definition) is 2. The molecule has 0 aliphatic heterocycles. The Morgan fingerprint density at radius 1 is 1.12 bits per heavy atom. The molecule has 0 heterocycles. The fourth-order valence-corrected chi connectivity index (χ4v) is 1.79. The summed E-state index contributed by atoms with van der Waals surface area (Å²) in [5.41, 5.74) is 5.09. The molecule has 0 saturated carbocycles. The zero-order valence-corrected chi connectivity index (χ0v) is 10.8. The Hall–Kier alpha value is -1.31. The van der Waals surface area contributed by atoms with Crippen LogP contribution in [0.1, 0.15) is 46.0 Å². The van der Waals surface area contributed by atoms with Crippen molar-refractivity contribution in [2.24, 2.45) is 0 Å². The average Bonchev–Trinajstić information content (AvgIpc) is 2.24. The molecule has 0 fully saturated rings. The lowest BCUT2D eigenvalue weighted by molar-refractivity contribution is 0.0503. The van der Waals surface area contributed by atoms with Crippen LogP contribution in [-0.2, 0) is 4.74 Å². The maximum atomic E-state index is 11.9. The molecule has 0 unspecified atom stereocenters. The highest BCUT2D eigenvalue weighted by Crippen LogP contribution is 2.22. The van der Waals surface area contributed by atoms with Crippen LogP contribution in [0.2, 0.25) is 0 Å². The van der Waals surface area contributed by atoms with E-state index in [1.807, 2.05) is 34.6 Å². The quantitative estimate of drug-likeness (QED) is 0.729. The van der Waals surface area contributed by atoms with Crippen molar-refractivity contribution in [3.05, 3.63) is 33.9 Å². The van der Waals surface area contributed by atoms with Gasteiger partial charge in [0.2, 0.25) is 0 Å². The molecule has 0 aromatic heterocycles. The van der Waals surface area contributed by atoms with Gasteiger partial charge in [0.1, 0.15) is 0 Å². The first-order valence-corrected chi connectivity index (χ1v) is 5.73.